The average molecular weight is 476 g/mol. The zero-order chi connectivity index (χ0) is 23.1. The fourth-order valence-corrected chi connectivity index (χ4v) is 6.65. The van der Waals surface area contributed by atoms with Crippen LogP contribution in [0.4, 0.5) is 5.69 Å². The van der Waals surface area contributed by atoms with Gasteiger partial charge in [0, 0.05) is 17.6 Å². The maximum atomic E-state index is 13.5. The van der Waals surface area contributed by atoms with Crippen LogP contribution >= 0.6 is 23.1 Å². The van der Waals surface area contributed by atoms with Crippen LogP contribution in [0.25, 0.3) is 10.2 Å². The van der Waals surface area contributed by atoms with Crippen molar-refractivity contribution in [2.24, 2.45) is 7.05 Å². The maximum Gasteiger partial charge on any atom is 0.262 e. The number of rotatable bonds is 5. The predicted molar refractivity (Wildman–Crippen MR) is 136 cm³/mol. The van der Waals surface area contributed by atoms with E-state index >= 15 is 0 Å². The van der Waals surface area contributed by atoms with Gasteiger partial charge >= 0.3 is 0 Å². The molecule has 2 aromatic carbocycles. The summed E-state index contributed by atoms with van der Waals surface area (Å²) in [7, 11) is 1.75. The van der Waals surface area contributed by atoms with Crippen LogP contribution in [0.3, 0.4) is 0 Å². The Labute approximate surface area is 200 Å². The maximum absolute atomic E-state index is 13.5. The number of thioether (sulfide) groups is 1. The molecule has 0 fully saturated rings. The van der Waals surface area contributed by atoms with Crippen molar-refractivity contribution < 1.29 is 4.79 Å². The summed E-state index contributed by atoms with van der Waals surface area (Å²) < 4.78 is 1.60. The summed E-state index contributed by atoms with van der Waals surface area (Å²) in [6, 6.07) is 15.7. The van der Waals surface area contributed by atoms with Crippen LogP contribution in [0.1, 0.15) is 38.8 Å². The third-order valence-electron chi connectivity index (χ3n) is 6.12. The van der Waals surface area contributed by atoms with Gasteiger partial charge in [-0.3, -0.25) is 14.2 Å². The summed E-state index contributed by atoms with van der Waals surface area (Å²) in [5, 5.41) is 3.87. The Morgan fingerprint density at radius 1 is 1.15 bits per heavy atom. The molecule has 0 saturated carbocycles. The number of benzene rings is 2. The van der Waals surface area contributed by atoms with Gasteiger partial charge in [0.05, 0.1) is 5.39 Å². The molecule has 168 valence electrons. The molecule has 4 aromatic rings. The van der Waals surface area contributed by atoms with E-state index in [-0.39, 0.29) is 11.5 Å². The Morgan fingerprint density at radius 3 is 2.73 bits per heavy atom. The van der Waals surface area contributed by atoms with Crippen molar-refractivity contribution >= 4 is 44.9 Å². The Kier molecular flexibility index (Phi) is 5.85. The second kappa shape index (κ2) is 8.80. The minimum atomic E-state index is -0.548. The fraction of sp³-hybridized carbons (Fsp3) is 0.269. The smallest absolute Gasteiger partial charge is 0.262 e. The van der Waals surface area contributed by atoms with Crippen LogP contribution in [0.5, 0.6) is 0 Å². The molecule has 0 radical (unpaired) electrons. The van der Waals surface area contributed by atoms with Gasteiger partial charge in [-0.2, -0.15) is 0 Å². The highest BCUT2D eigenvalue weighted by Crippen LogP contribution is 2.39. The molecule has 2 aromatic heterocycles. The quantitative estimate of drug-likeness (QED) is 0.303. The lowest BCUT2D eigenvalue weighted by Crippen LogP contribution is -2.23. The zero-order valence-electron chi connectivity index (χ0n) is 18.8. The van der Waals surface area contributed by atoms with E-state index in [1.807, 2.05) is 62.4 Å². The number of carbonyl (C=O) groups is 1. The molecule has 1 N–H and O–H groups in total. The third-order valence-corrected chi connectivity index (χ3v) is 8.60. The SMILES string of the molecule is Cc1ccc(C)c(NC(=O)C(Sc2nc3sc4c(c3c(=O)n2C)CCC4)c2ccccc2)c1. The van der Waals surface area contributed by atoms with Crippen molar-refractivity contribution in [3.63, 3.8) is 0 Å². The van der Waals surface area contributed by atoms with Crippen LogP contribution < -0.4 is 10.9 Å². The lowest BCUT2D eigenvalue weighted by Gasteiger charge is -2.19. The molecule has 0 spiro atoms. The van der Waals surface area contributed by atoms with Crippen molar-refractivity contribution in [2.45, 2.75) is 43.5 Å². The molecule has 1 aliphatic carbocycles. The Morgan fingerprint density at radius 2 is 1.94 bits per heavy atom. The monoisotopic (exact) mass is 475 g/mol. The van der Waals surface area contributed by atoms with Crippen molar-refractivity contribution in [3.05, 3.63) is 86.0 Å². The van der Waals surface area contributed by atoms with Crippen molar-refractivity contribution in [1.82, 2.24) is 9.55 Å². The molecule has 1 aliphatic rings. The highest BCUT2D eigenvalue weighted by Gasteiger charge is 2.27. The lowest BCUT2D eigenvalue weighted by atomic mass is 10.1. The molecule has 33 heavy (non-hydrogen) atoms. The average Bonchev–Trinajstić information content (AvgIpc) is 3.39. The van der Waals surface area contributed by atoms with E-state index in [0.717, 1.165) is 51.9 Å². The molecule has 0 saturated heterocycles. The molecule has 1 amide bonds. The first-order chi connectivity index (χ1) is 15.9. The highest BCUT2D eigenvalue weighted by molar-refractivity contribution is 8.00. The number of aryl methyl sites for hydroxylation is 4. The first-order valence-corrected chi connectivity index (χ1v) is 12.7. The second-order valence-corrected chi connectivity index (χ2v) is 10.7. The van der Waals surface area contributed by atoms with E-state index in [1.54, 1.807) is 23.0 Å². The van der Waals surface area contributed by atoms with E-state index in [4.69, 9.17) is 4.98 Å². The van der Waals surface area contributed by atoms with E-state index in [9.17, 15) is 9.59 Å². The van der Waals surface area contributed by atoms with Gasteiger partial charge in [0.25, 0.3) is 5.56 Å². The second-order valence-electron chi connectivity index (χ2n) is 8.51. The van der Waals surface area contributed by atoms with E-state index in [0.29, 0.717) is 5.16 Å². The number of aromatic nitrogens is 2. The Bertz CT molecular complexity index is 1420. The number of nitrogens with zero attached hydrogens (tertiary/aromatic N) is 2. The van der Waals surface area contributed by atoms with Crippen molar-refractivity contribution in [1.29, 1.82) is 0 Å². The first-order valence-electron chi connectivity index (χ1n) is 11.0. The topological polar surface area (TPSA) is 64.0 Å². The molecule has 1 atom stereocenters. The molecule has 5 rings (SSSR count). The summed E-state index contributed by atoms with van der Waals surface area (Å²) >= 11 is 2.94. The zero-order valence-corrected chi connectivity index (χ0v) is 20.5. The molecule has 2 heterocycles. The third kappa shape index (κ3) is 4.11. The van der Waals surface area contributed by atoms with Crippen LogP contribution in [0, 0.1) is 13.8 Å². The van der Waals surface area contributed by atoms with E-state index in [2.05, 4.69) is 5.32 Å². The lowest BCUT2D eigenvalue weighted by molar-refractivity contribution is -0.115. The summed E-state index contributed by atoms with van der Waals surface area (Å²) in [5.74, 6) is -0.136. The minimum absolute atomic E-state index is 0.0244. The van der Waals surface area contributed by atoms with E-state index < -0.39 is 5.25 Å². The van der Waals surface area contributed by atoms with Crippen LogP contribution in [0.15, 0.2) is 58.5 Å². The van der Waals surface area contributed by atoms with Gasteiger partial charge in [-0.15, -0.1) is 11.3 Å². The number of amides is 1. The largest absolute Gasteiger partial charge is 0.325 e. The number of fused-ring (bicyclic) bond motifs is 3. The van der Waals surface area contributed by atoms with Gasteiger partial charge < -0.3 is 5.32 Å². The standard InChI is InChI=1S/C26H25N3O2S2/c1-15-12-13-16(2)19(14-15)27-23(30)22(17-8-5-4-6-9-17)33-26-28-24-21(25(31)29(26)3)18-10-7-11-20(18)32-24/h4-6,8-9,12-14,22H,7,10-11H2,1-3H3,(H,27,30). The van der Waals surface area contributed by atoms with Gasteiger partial charge in [0.15, 0.2) is 5.16 Å². The van der Waals surface area contributed by atoms with Gasteiger partial charge in [-0.25, -0.2) is 4.98 Å². The highest BCUT2D eigenvalue weighted by atomic mass is 32.2. The fourth-order valence-electron chi connectivity index (χ4n) is 4.29. The van der Waals surface area contributed by atoms with Crippen LogP contribution in [-0.2, 0) is 24.7 Å². The van der Waals surface area contributed by atoms with Gasteiger partial charge in [0.1, 0.15) is 10.1 Å². The molecule has 7 heteroatoms. The minimum Gasteiger partial charge on any atom is -0.325 e. The molecule has 0 bridgehead atoms. The van der Waals surface area contributed by atoms with Crippen LogP contribution in [-0.4, -0.2) is 15.5 Å². The molecular weight excluding hydrogens is 450 g/mol. The number of hydrogen-bond acceptors (Lipinski definition) is 5. The van der Waals surface area contributed by atoms with Gasteiger partial charge in [0.2, 0.25) is 5.91 Å². The van der Waals surface area contributed by atoms with Gasteiger partial charge in [-0.1, -0.05) is 54.2 Å². The number of thiophene rings is 1. The molecular formula is C26H25N3O2S2. The van der Waals surface area contributed by atoms with Crippen molar-refractivity contribution in [3.8, 4) is 0 Å². The summed E-state index contributed by atoms with van der Waals surface area (Å²) in [6.45, 7) is 3.99. The van der Waals surface area contributed by atoms with Crippen LogP contribution in [0.2, 0.25) is 0 Å². The summed E-state index contributed by atoms with van der Waals surface area (Å²) in [4.78, 5) is 33.7. The number of carbonyl (C=O) groups excluding carboxylic acids is 1. The molecule has 5 nitrogen and oxygen atoms in total. The Hall–Kier alpha value is -2.90. The molecule has 0 aliphatic heterocycles. The molecule has 1 unspecified atom stereocenters. The van der Waals surface area contributed by atoms with Crippen molar-refractivity contribution in [2.75, 3.05) is 5.32 Å². The summed E-state index contributed by atoms with van der Waals surface area (Å²) in [5.41, 5.74) is 4.91. The number of anilines is 1. The van der Waals surface area contributed by atoms with E-state index in [1.165, 1.54) is 22.2 Å². The summed E-state index contributed by atoms with van der Waals surface area (Å²) in [6.07, 6.45) is 3.07. The number of hydrogen-bond donors (Lipinski definition) is 1. The normalized spacial score (nSPS) is 13.8. The Balaban J connectivity index is 1.54. The first kappa shape index (κ1) is 21.9. The van der Waals surface area contributed by atoms with Gasteiger partial charge in [-0.05, 0) is 61.4 Å². The number of nitrogens with one attached hydrogen (secondary N) is 1. The predicted octanol–water partition coefficient (Wildman–Crippen LogP) is 5.57.